The smallest absolute Gasteiger partial charge is 0.253 e. The summed E-state index contributed by atoms with van der Waals surface area (Å²) in [5.41, 5.74) is 1.55. The Hall–Kier alpha value is -2.23. The Kier molecular flexibility index (Phi) is 3.69. The van der Waals surface area contributed by atoms with Crippen LogP contribution in [0, 0.1) is 5.92 Å². The number of carbonyl (C=O) groups excluding carboxylic acids is 2. The minimum atomic E-state index is -0.00942. The SMILES string of the molecule is CCC1CN(C(=O)c2ccc3ncccc3c2)CCC1=O. The van der Waals surface area contributed by atoms with Crippen LogP contribution in [0.15, 0.2) is 36.5 Å². The van der Waals surface area contributed by atoms with E-state index in [-0.39, 0.29) is 17.6 Å². The molecule has 1 unspecified atom stereocenters. The van der Waals surface area contributed by atoms with E-state index < -0.39 is 0 Å². The summed E-state index contributed by atoms with van der Waals surface area (Å²) in [5.74, 6) is 0.279. The average molecular weight is 282 g/mol. The standard InChI is InChI=1S/C17H18N2O2/c1-2-12-11-19(9-7-16(12)20)17(21)14-5-6-15-13(10-14)4-3-8-18-15/h3-6,8,10,12H,2,7,9,11H2,1H3. The van der Waals surface area contributed by atoms with Crippen LogP contribution in [0.25, 0.3) is 10.9 Å². The van der Waals surface area contributed by atoms with E-state index >= 15 is 0 Å². The van der Waals surface area contributed by atoms with E-state index in [4.69, 9.17) is 0 Å². The van der Waals surface area contributed by atoms with E-state index in [1.54, 1.807) is 11.1 Å². The van der Waals surface area contributed by atoms with Crippen molar-refractivity contribution in [2.75, 3.05) is 13.1 Å². The molecule has 4 nitrogen and oxygen atoms in total. The number of pyridine rings is 1. The first-order valence-electron chi connectivity index (χ1n) is 7.36. The third-order valence-corrected chi connectivity index (χ3v) is 4.15. The quantitative estimate of drug-likeness (QED) is 0.851. The molecular formula is C17H18N2O2. The van der Waals surface area contributed by atoms with Gasteiger partial charge in [0.05, 0.1) is 5.52 Å². The van der Waals surface area contributed by atoms with Crippen molar-refractivity contribution >= 4 is 22.6 Å². The third kappa shape index (κ3) is 2.66. The topological polar surface area (TPSA) is 50.3 Å². The van der Waals surface area contributed by atoms with Crippen molar-refractivity contribution in [1.82, 2.24) is 9.88 Å². The molecule has 0 spiro atoms. The number of aromatic nitrogens is 1. The Morgan fingerprint density at radius 2 is 2.24 bits per heavy atom. The van der Waals surface area contributed by atoms with Gasteiger partial charge in [-0.15, -0.1) is 0 Å². The molecule has 1 aromatic heterocycles. The highest BCUT2D eigenvalue weighted by atomic mass is 16.2. The third-order valence-electron chi connectivity index (χ3n) is 4.15. The van der Waals surface area contributed by atoms with Crippen LogP contribution in [0.2, 0.25) is 0 Å². The largest absolute Gasteiger partial charge is 0.337 e. The Labute approximate surface area is 123 Å². The van der Waals surface area contributed by atoms with Crippen LogP contribution in [-0.2, 0) is 4.79 Å². The molecule has 21 heavy (non-hydrogen) atoms. The van der Waals surface area contributed by atoms with Crippen LogP contribution in [0.4, 0.5) is 0 Å². The van der Waals surface area contributed by atoms with Gasteiger partial charge < -0.3 is 4.90 Å². The number of nitrogens with zero attached hydrogens (tertiary/aromatic N) is 2. The van der Waals surface area contributed by atoms with Crippen molar-refractivity contribution in [2.45, 2.75) is 19.8 Å². The van der Waals surface area contributed by atoms with E-state index in [1.807, 2.05) is 37.3 Å². The normalized spacial score (nSPS) is 19.0. The molecule has 1 amide bonds. The predicted molar refractivity (Wildman–Crippen MR) is 81.1 cm³/mol. The van der Waals surface area contributed by atoms with Gasteiger partial charge in [0.1, 0.15) is 5.78 Å². The molecule has 108 valence electrons. The van der Waals surface area contributed by atoms with Crippen LogP contribution >= 0.6 is 0 Å². The number of likely N-dealkylation sites (tertiary alicyclic amines) is 1. The molecule has 0 radical (unpaired) electrons. The maximum Gasteiger partial charge on any atom is 0.253 e. The van der Waals surface area contributed by atoms with Gasteiger partial charge in [-0.25, -0.2) is 0 Å². The molecule has 2 heterocycles. The number of ketones is 1. The number of rotatable bonds is 2. The summed E-state index contributed by atoms with van der Waals surface area (Å²) in [6.45, 7) is 3.07. The van der Waals surface area contributed by atoms with Crippen LogP contribution in [0.3, 0.4) is 0 Å². The van der Waals surface area contributed by atoms with Crippen LogP contribution in [-0.4, -0.2) is 34.7 Å². The van der Waals surface area contributed by atoms with E-state index in [1.165, 1.54) is 0 Å². The van der Waals surface area contributed by atoms with Gasteiger partial charge in [-0.2, -0.15) is 0 Å². The number of benzene rings is 1. The summed E-state index contributed by atoms with van der Waals surface area (Å²) < 4.78 is 0. The zero-order valence-corrected chi connectivity index (χ0v) is 12.1. The Bertz CT molecular complexity index is 696. The summed E-state index contributed by atoms with van der Waals surface area (Å²) in [4.78, 5) is 30.4. The Morgan fingerprint density at radius 1 is 1.38 bits per heavy atom. The molecule has 4 heteroatoms. The van der Waals surface area contributed by atoms with Gasteiger partial charge >= 0.3 is 0 Å². The highest BCUT2D eigenvalue weighted by Gasteiger charge is 2.29. The molecule has 1 fully saturated rings. The molecule has 1 aliphatic heterocycles. The second-order valence-corrected chi connectivity index (χ2v) is 5.48. The molecule has 0 bridgehead atoms. The molecule has 1 saturated heterocycles. The number of fused-ring (bicyclic) bond motifs is 1. The highest BCUT2D eigenvalue weighted by Crippen LogP contribution is 2.20. The van der Waals surface area contributed by atoms with Crippen molar-refractivity contribution in [2.24, 2.45) is 5.92 Å². The summed E-state index contributed by atoms with van der Waals surface area (Å²) in [5, 5.41) is 0.962. The van der Waals surface area contributed by atoms with Crippen molar-refractivity contribution in [3.05, 3.63) is 42.1 Å². The number of carbonyl (C=O) groups is 2. The second kappa shape index (κ2) is 5.64. The monoisotopic (exact) mass is 282 g/mol. The fraction of sp³-hybridized carbons (Fsp3) is 0.353. The fourth-order valence-corrected chi connectivity index (χ4v) is 2.84. The first kappa shape index (κ1) is 13.7. The molecule has 1 aromatic carbocycles. The molecule has 0 aliphatic carbocycles. The van der Waals surface area contributed by atoms with Crippen molar-refractivity contribution in [1.29, 1.82) is 0 Å². The lowest BCUT2D eigenvalue weighted by molar-refractivity contribution is -0.125. The lowest BCUT2D eigenvalue weighted by atomic mass is 9.93. The van der Waals surface area contributed by atoms with E-state index in [0.29, 0.717) is 25.1 Å². The highest BCUT2D eigenvalue weighted by molar-refractivity contribution is 5.98. The van der Waals surface area contributed by atoms with E-state index in [9.17, 15) is 9.59 Å². The van der Waals surface area contributed by atoms with Gasteiger partial charge in [-0.05, 0) is 30.7 Å². The first-order chi connectivity index (χ1) is 10.2. The fourth-order valence-electron chi connectivity index (χ4n) is 2.84. The zero-order chi connectivity index (χ0) is 14.8. The van der Waals surface area contributed by atoms with Crippen LogP contribution in [0.5, 0.6) is 0 Å². The van der Waals surface area contributed by atoms with Gasteiger partial charge in [-0.3, -0.25) is 14.6 Å². The minimum Gasteiger partial charge on any atom is -0.337 e. The lowest BCUT2D eigenvalue weighted by Gasteiger charge is -2.31. The number of Topliss-reactive ketones (excluding diaryl/α,β-unsaturated/α-hetero) is 1. The second-order valence-electron chi connectivity index (χ2n) is 5.48. The van der Waals surface area contributed by atoms with Crippen molar-refractivity contribution in [3.63, 3.8) is 0 Å². The van der Waals surface area contributed by atoms with Crippen molar-refractivity contribution in [3.8, 4) is 0 Å². The van der Waals surface area contributed by atoms with E-state index in [0.717, 1.165) is 17.3 Å². The summed E-state index contributed by atoms with van der Waals surface area (Å²) in [7, 11) is 0. The number of hydrogen-bond donors (Lipinski definition) is 0. The predicted octanol–water partition coefficient (Wildman–Crippen LogP) is 2.68. The molecule has 0 N–H and O–H groups in total. The van der Waals surface area contributed by atoms with Crippen molar-refractivity contribution < 1.29 is 9.59 Å². The first-order valence-corrected chi connectivity index (χ1v) is 7.36. The molecule has 0 saturated carbocycles. The van der Waals surface area contributed by atoms with E-state index in [2.05, 4.69) is 4.98 Å². The van der Waals surface area contributed by atoms with Gasteiger partial charge in [0.15, 0.2) is 0 Å². The van der Waals surface area contributed by atoms with Gasteiger partial charge in [0, 0.05) is 42.6 Å². The molecule has 2 aromatic rings. The zero-order valence-electron chi connectivity index (χ0n) is 12.1. The maximum absolute atomic E-state index is 12.6. The van der Waals surface area contributed by atoms with Gasteiger partial charge in [-0.1, -0.05) is 13.0 Å². The van der Waals surface area contributed by atoms with Gasteiger partial charge in [0.2, 0.25) is 0 Å². The van der Waals surface area contributed by atoms with Gasteiger partial charge in [0.25, 0.3) is 5.91 Å². The Morgan fingerprint density at radius 3 is 3.05 bits per heavy atom. The average Bonchev–Trinajstić information content (AvgIpc) is 2.54. The Balaban J connectivity index is 1.84. The lowest BCUT2D eigenvalue weighted by Crippen LogP contribution is -2.43. The maximum atomic E-state index is 12.6. The molecule has 1 aliphatic rings. The molecular weight excluding hydrogens is 264 g/mol. The number of amides is 1. The minimum absolute atomic E-state index is 0.00621. The summed E-state index contributed by atoms with van der Waals surface area (Å²) in [6.07, 6.45) is 3.01. The molecule has 3 rings (SSSR count). The van der Waals surface area contributed by atoms with Crippen LogP contribution < -0.4 is 0 Å². The van der Waals surface area contributed by atoms with Crippen LogP contribution in [0.1, 0.15) is 30.1 Å². The number of hydrogen-bond acceptors (Lipinski definition) is 3. The summed E-state index contributed by atoms with van der Waals surface area (Å²) >= 11 is 0. The summed E-state index contributed by atoms with van der Waals surface area (Å²) in [6, 6.07) is 9.38. The molecule has 1 atom stereocenters. The number of piperidine rings is 1.